The molecule has 1 aliphatic rings. The monoisotopic (exact) mass is 1050 g/mol. The molecule has 0 bridgehead atoms. The van der Waals surface area contributed by atoms with Gasteiger partial charge in [-0.05, 0) is 124 Å². The first-order chi connectivity index (χ1) is 37.5. The summed E-state index contributed by atoms with van der Waals surface area (Å²) >= 11 is 0. The largest absolute Gasteiger partial charge is 0.493 e. The fourth-order valence-corrected chi connectivity index (χ4v) is 12.5. The number of aryl methyl sites for hydroxylation is 4. The average Bonchev–Trinajstić information content (AvgIpc) is 3.72. The lowest BCUT2D eigenvalue weighted by Crippen LogP contribution is -2.05. The zero-order chi connectivity index (χ0) is 54.4. The molecule has 434 valence electrons. The number of hydrogen-bond donors (Lipinski definition) is 0. The first-order valence-electron chi connectivity index (χ1n) is 34.7. The van der Waals surface area contributed by atoms with E-state index in [-0.39, 0.29) is 0 Å². The minimum Gasteiger partial charge on any atom is -0.493 e. The highest BCUT2D eigenvalue weighted by Crippen LogP contribution is 2.45. The third kappa shape index (κ3) is 30.8. The lowest BCUT2D eigenvalue weighted by molar-refractivity contribution is -0.345. The molecule has 0 amide bonds. The minimum atomic E-state index is 1.04. The van der Waals surface area contributed by atoms with Crippen LogP contribution < -0.4 is 0 Å². The summed E-state index contributed by atoms with van der Waals surface area (Å²) in [5.41, 5.74) is 26.7. The summed E-state index contributed by atoms with van der Waals surface area (Å²) in [5.74, 6) is 0. The van der Waals surface area contributed by atoms with Gasteiger partial charge in [-0.2, -0.15) is 0 Å². The Bertz CT molecular complexity index is 1770. The van der Waals surface area contributed by atoms with Crippen molar-refractivity contribution in [3.63, 3.8) is 0 Å². The van der Waals surface area contributed by atoms with Gasteiger partial charge >= 0.3 is 0 Å². The molecule has 0 saturated heterocycles. The summed E-state index contributed by atoms with van der Waals surface area (Å²) in [6.45, 7) is 14.0. The van der Waals surface area contributed by atoms with E-state index in [2.05, 4.69) is 77.9 Å². The van der Waals surface area contributed by atoms with Crippen molar-refractivity contribution in [1.82, 2.24) is 0 Å². The van der Waals surface area contributed by atoms with Gasteiger partial charge < -0.3 is 5.53 Å². The maximum Gasteiger partial charge on any atom is 0.211 e. The van der Waals surface area contributed by atoms with Crippen LogP contribution in [-0.4, -0.2) is 4.70 Å². The van der Waals surface area contributed by atoms with Crippen molar-refractivity contribution >= 4 is 11.4 Å². The Morgan fingerprint density at radius 2 is 0.408 bits per heavy atom. The number of benzene rings is 2. The molecule has 1 heterocycles. The Kier molecular flexibility index (Phi) is 42.2. The molecule has 2 nitrogen and oxygen atoms in total. The van der Waals surface area contributed by atoms with Gasteiger partial charge in [0.1, 0.15) is 0 Å². The Morgan fingerprint density at radius 3 is 0.645 bits per heavy atom. The summed E-state index contributed by atoms with van der Waals surface area (Å²) in [5, 5.41) is 0. The van der Waals surface area contributed by atoms with Gasteiger partial charge in [-0.3, -0.25) is 0 Å². The van der Waals surface area contributed by atoms with Crippen molar-refractivity contribution in [1.29, 1.82) is 0 Å². The van der Waals surface area contributed by atoms with Gasteiger partial charge in [0.25, 0.3) is 0 Å². The first-order valence-corrected chi connectivity index (χ1v) is 34.7. The molecule has 0 aliphatic carbocycles. The number of nitrogens with zero attached hydrogens (tertiary/aromatic N) is 2. The molecule has 0 unspecified atom stereocenters. The highest BCUT2D eigenvalue weighted by atomic mass is 15.2. The van der Waals surface area contributed by atoms with Crippen molar-refractivity contribution in [2.24, 2.45) is 0 Å². The number of hydrogen-bond acceptors (Lipinski definition) is 0. The smallest absolute Gasteiger partial charge is 0.211 e. The van der Waals surface area contributed by atoms with Crippen molar-refractivity contribution in [3.8, 4) is 0 Å². The van der Waals surface area contributed by atoms with E-state index in [0.717, 1.165) is 56.3 Å². The first kappa shape index (κ1) is 67.8. The Morgan fingerprint density at radius 1 is 0.224 bits per heavy atom. The van der Waals surface area contributed by atoms with Crippen molar-refractivity contribution in [3.05, 3.63) is 86.5 Å². The fourth-order valence-electron chi connectivity index (χ4n) is 12.5. The average molecular weight is 1050 g/mol. The third-order valence-electron chi connectivity index (χ3n) is 17.3. The van der Waals surface area contributed by atoms with E-state index in [4.69, 9.17) is 0 Å². The molecule has 0 saturated carbocycles. The number of rotatable bonds is 54. The standard InChI is InChI=1S/C74H128N2/c1-7-13-19-24-28-30-32-34-36-38-40-42-46-50-55-67-59-65(53-48-44-26-21-15-9-3)61-69(62-67)73-71(57-18-12-6)72(58-52-23-17-11-5)74(76(73)75)70-63-66(54-49-45-27-22-16-10-4)60-68(64-70)56-51-47-43-41-39-37-35-33-31-29-25-20-14-8-2/h59-64H,7-58H2,1-6H3. The van der Waals surface area contributed by atoms with Gasteiger partial charge in [-0.15, -0.1) is 0 Å². The van der Waals surface area contributed by atoms with Crippen molar-refractivity contribution in [2.75, 3.05) is 0 Å². The molecule has 0 radical (unpaired) electrons. The van der Waals surface area contributed by atoms with Crippen LogP contribution in [0.25, 0.3) is 16.9 Å². The van der Waals surface area contributed by atoms with Crippen LogP contribution in [0.3, 0.4) is 0 Å². The van der Waals surface area contributed by atoms with Gasteiger partial charge in [0, 0.05) is 22.3 Å². The molecular weight excluding hydrogens is 917 g/mol. The van der Waals surface area contributed by atoms with Gasteiger partial charge in [0.2, 0.25) is 11.4 Å². The van der Waals surface area contributed by atoms with Crippen LogP contribution in [0.1, 0.15) is 383 Å². The van der Waals surface area contributed by atoms with Crippen LogP contribution in [0.15, 0.2) is 47.5 Å². The summed E-state index contributed by atoms with van der Waals surface area (Å²) in [4.78, 5) is 0. The highest BCUT2D eigenvalue weighted by molar-refractivity contribution is 5.82. The number of allylic oxidation sites excluding steroid dienone is 2. The van der Waals surface area contributed by atoms with E-state index in [9.17, 15) is 5.53 Å². The fraction of sp³-hybridized carbons (Fsp3) is 0.784. The van der Waals surface area contributed by atoms with E-state index in [0.29, 0.717) is 0 Å². The predicted molar refractivity (Wildman–Crippen MR) is 341 cm³/mol. The van der Waals surface area contributed by atoms with E-state index < -0.39 is 0 Å². The van der Waals surface area contributed by atoms with Crippen LogP contribution >= 0.6 is 0 Å². The Balaban J connectivity index is 1.87. The van der Waals surface area contributed by atoms with E-state index in [1.807, 2.05) is 0 Å². The topological polar surface area (TPSA) is 25.3 Å². The van der Waals surface area contributed by atoms with Crippen molar-refractivity contribution < 1.29 is 4.70 Å². The SMILES string of the molecule is CCCCCCCCCCCCCCCCc1cc(CCCCCCCC)cc(C2=C(CCCC)C(CCCCCC)=C(c3cc(CCCCCCCC)cc(CCCCCCCCCCCCCCCC)c3)[N+]2=[N-])c1. The molecule has 3 rings (SSSR count). The maximum atomic E-state index is 13.1. The van der Waals surface area contributed by atoms with Crippen molar-refractivity contribution in [2.45, 2.75) is 375 Å². The second kappa shape index (κ2) is 47.3. The lowest BCUT2D eigenvalue weighted by Gasteiger charge is -2.15. The van der Waals surface area contributed by atoms with Gasteiger partial charge in [0.15, 0.2) is 0 Å². The molecule has 2 aromatic carbocycles. The minimum absolute atomic E-state index is 1.04. The van der Waals surface area contributed by atoms with Crippen LogP contribution in [0.2, 0.25) is 0 Å². The normalized spacial score (nSPS) is 12.9. The Labute approximate surface area is 475 Å². The zero-order valence-electron chi connectivity index (χ0n) is 52.1. The number of unbranched alkanes of at least 4 members (excludes halogenated alkanes) is 40. The lowest BCUT2D eigenvalue weighted by atomic mass is 9.89. The molecule has 76 heavy (non-hydrogen) atoms. The summed E-state index contributed by atoms with van der Waals surface area (Å²) in [6, 6.07) is 15.2. The van der Waals surface area contributed by atoms with Gasteiger partial charge in [0.05, 0.1) is 0 Å². The van der Waals surface area contributed by atoms with Gasteiger partial charge in [-0.25, -0.2) is 4.70 Å². The van der Waals surface area contributed by atoms with Crippen LogP contribution in [0.4, 0.5) is 0 Å². The second-order valence-electron chi connectivity index (χ2n) is 24.7. The highest BCUT2D eigenvalue weighted by Gasteiger charge is 2.36. The molecule has 2 heteroatoms. The maximum absolute atomic E-state index is 13.1. The predicted octanol–water partition coefficient (Wildman–Crippen LogP) is 25.9. The molecule has 0 aromatic heterocycles. The van der Waals surface area contributed by atoms with Crippen LogP contribution in [-0.2, 0) is 25.7 Å². The summed E-state index contributed by atoms with van der Waals surface area (Å²) in [7, 11) is 0. The zero-order valence-corrected chi connectivity index (χ0v) is 52.1. The van der Waals surface area contributed by atoms with E-state index >= 15 is 0 Å². The quantitative estimate of drug-likeness (QED) is 0.0466. The molecule has 0 atom stereocenters. The molecular formula is C74H128N2. The van der Waals surface area contributed by atoms with Gasteiger partial charge in [-0.1, -0.05) is 311 Å². The summed E-state index contributed by atoms with van der Waals surface area (Å²) in [6.07, 6.45) is 69.1. The van der Waals surface area contributed by atoms with E-state index in [1.165, 1.54) is 333 Å². The van der Waals surface area contributed by atoms with Crippen LogP contribution in [0.5, 0.6) is 0 Å². The molecule has 0 fully saturated rings. The molecule has 2 aromatic rings. The molecule has 0 N–H and O–H groups in total. The Hall–Kier alpha value is -2.48. The van der Waals surface area contributed by atoms with E-state index in [1.54, 1.807) is 4.70 Å². The molecule has 1 aliphatic heterocycles. The van der Waals surface area contributed by atoms with Crippen LogP contribution in [0, 0.1) is 0 Å². The third-order valence-corrected chi connectivity index (χ3v) is 17.3. The summed E-state index contributed by atoms with van der Waals surface area (Å²) < 4.78 is 1.75. The second-order valence-corrected chi connectivity index (χ2v) is 24.7. The molecule has 0 spiro atoms.